The molecule has 1 heterocycles. The molecule has 1 aromatic carbocycles. The lowest BCUT2D eigenvalue weighted by Gasteiger charge is -2.14. The number of aliphatic imine (C=N–C) groups is 1. The highest BCUT2D eigenvalue weighted by atomic mass is 19.2. The normalized spacial score (nSPS) is 18.5. The fourth-order valence-electron chi connectivity index (χ4n) is 2.84. The Morgan fingerprint density at radius 1 is 1.33 bits per heavy atom. The van der Waals surface area contributed by atoms with Crippen LogP contribution >= 0.6 is 0 Å². The van der Waals surface area contributed by atoms with Crippen molar-refractivity contribution in [3.05, 3.63) is 35.4 Å². The van der Waals surface area contributed by atoms with Gasteiger partial charge in [0.05, 0.1) is 13.2 Å². The molecule has 27 heavy (non-hydrogen) atoms. The predicted octanol–water partition coefficient (Wildman–Crippen LogP) is 3.07. The molecular formula is C20H31F2N3O2. The van der Waals surface area contributed by atoms with Crippen LogP contribution in [0.5, 0.6) is 0 Å². The molecule has 152 valence electrons. The number of halogens is 2. The first-order chi connectivity index (χ1) is 13.1. The van der Waals surface area contributed by atoms with Crippen molar-refractivity contribution in [2.75, 3.05) is 46.1 Å². The molecule has 1 fully saturated rings. The Balaban J connectivity index is 1.69. The van der Waals surface area contributed by atoms with Crippen LogP contribution in [0.2, 0.25) is 0 Å². The van der Waals surface area contributed by atoms with Crippen LogP contribution in [0.1, 0.15) is 38.2 Å². The van der Waals surface area contributed by atoms with E-state index in [1.165, 1.54) is 6.07 Å². The highest BCUT2D eigenvalue weighted by Gasteiger charge is 2.15. The van der Waals surface area contributed by atoms with Crippen LogP contribution in [0.25, 0.3) is 0 Å². The number of benzene rings is 1. The average Bonchev–Trinajstić information content (AvgIpc) is 3.17. The van der Waals surface area contributed by atoms with Gasteiger partial charge in [-0.2, -0.15) is 0 Å². The van der Waals surface area contributed by atoms with Gasteiger partial charge in [0, 0.05) is 44.7 Å². The lowest BCUT2D eigenvalue weighted by molar-refractivity contribution is 0.0888. The molecule has 2 N–H and O–H groups in total. The first-order valence-corrected chi connectivity index (χ1v) is 9.72. The Morgan fingerprint density at radius 3 is 2.89 bits per heavy atom. The van der Waals surface area contributed by atoms with Crippen molar-refractivity contribution in [2.45, 2.75) is 32.6 Å². The van der Waals surface area contributed by atoms with Gasteiger partial charge in [-0.15, -0.1) is 0 Å². The molecule has 0 aliphatic carbocycles. The van der Waals surface area contributed by atoms with E-state index in [2.05, 4.69) is 15.6 Å². The van der Waals surface area contributed by atoms with E-state index >= 15 is 0 Å². The van der Waals surface area contributed by atoms with Gasteiger partial charge >= 0.3 is 0 Å². The molecule has 1 aromatic rings. The summed E-state index contributed by atoms with van der Waals surface area (Å²) in [7, 11) is 0. The molecule has 0 saturated carbocycles. The summed E-state index contributed by atoms with van der Waals surface area (Å²) in [5.41, 5.74) is 0.734. The molecule has 2 rings (SSSR count). The second-order valence-electron chi connectivity index (χ2n) is 6.88. The molecule has 0 aromatic heterocycles. The maximum atomic E-state index is 13.4. The topological polar surface area (TPSA) is 54.9 Å². The highest BCUT2D eigenvalue weighted by molar-refractivity contribution is 5.79. The maximum absolute atomic E-state index is 13.4. The second-order valence-corrected chi connectivity index (χ2v) is 6.88. The van der Waals surface area contributed by atoms with Crippen molar-refractivity contribution < 1.29 is 18.3 Å². The Kier molecular flexibility index (Phi) is 9.48. The average molecular weight is 383 g/mol. The molecule has 2 atom stereocenters. The summed E-state index contributed by atoms with van der Waals surface area (Å²) in [5, 5.41) is 6.47. The van der Waals surface area contributed by atoms with E-state index in [9.17, 15) is 8.78 Å². The van der Waals surface area contributed by atoms with Gasteiger partial charge in [-0.3, -0.25) is 4.99 Å². The molecule has 5 nitrogen and oxygen atoms in total. The molecule has 7 heteroatoms. The minimum absolute atomic E-state index is 0.00693. The third-order valence-corrected chi connectivity index (χ3v) is 4.52. The molecule has 1 saturated heterocycles. The standard InChI is InChI=1S/C20H31F2N3O2/c1-3-23-20(24-8-4-9-26-13-16-7-10-27-14-16)25-12-15(2)17-5-6-18(21)19(22)11-17/h5-6,11,15-16H,3-4,7-10,12-14H2,1-2H3,(H2,23,24,25). The van der Waals surface area contributed by atoms with E-state index in [0.29, 0.717) is 19.1 Å². The van der Waals surface area contributed by atoms with E-state index in [4.69, 9.17) is 9.47 Å². The van der Waals surface area contributed by atoms with Gasteiger partial charge in [-0.25, -0.2) is 8.78 Å². The van der Waals surface area contributed by atoms with Crippen LogP contribution in [0.3, 0.4) is 0 Å². The van der Waals surface area contributed by atoms with Crippen LogP contribution in [0.15, 0.2) is 23.2 Å². The van der Waals surface area contributed by atoms with Gasteiger partial charge in [0.15, 0.2) is 17.6 Å². The molecule has 2 unspecified atom stereocenters. The zero-order valence-corrected chi connectivity index (χ0v) is 16.3. The number of hydrogen-bond acceptors (Lipinski definition) is 3. The third-order valence-electron chi connectivity index (χ3n) is 4.52. The van der Waals surface area contributed by atoms with Crippen LogP contribution in [0, 0.1) is 17.6 Å². The zero-order valence-electron chi connectivity index (χ0n) is 16.3. The molecule has 0 radical (unpaired) electrons. The summed E-state index contributed by atoms with van der Waals surface area (Å²) in [6.45, 7) is 9.07. The number of nitrogens with zero attached hydrogens (tertiary/aromatic N) is 1. The number of ether oxygens (including phenoxy) is 2. The molecule has 1 aliphatic rings. The summed E-state index contributed by atoms with van der Waals surface area (Å²) < 4.78 is 37.4. The first-order valence-electron chi connectivity index (χ1n) is 9.72. The Labute approximate surface area is 160 Å². The number of hydrogen-bond donors (Lipinski definition) is 2. The van der Waals surface area contributed by atoms with Gasteiger partial charge in [-0.05, 0) is 37.5 Å². The van der Waals surface area contributed by atoms with E-state index in [0.717, 1.165) is 63.3 Å². The van der Waals surface area contributed by atoms with Gasteiger partial charge < -0.3 is 20.1 Å². The maximum Gasteiger partial charge on any atom is 0.191 e. The van der Waals surface area contributed by atoms with E-state index in [-0.39, 0.29) is 5.92 Å². The van der Waals surface area contributed by atoms with Gasteiger partial charge in [0.2, 0.25) is 0 Å². The Hall–Kier alpha value is -1.73. The predicted molar refractivity (Wildman–Crippen MR) is 103 cm³/mol. The van der Waals surface area contributed by atoms with Crippen molar-refractivity contribution in [3.63, 3.8) is 0 Å². The monoisotopic (exact) mass is 383 g/mol. The van der Waals surface area contributed by atoms with E-state index in [1.54, 1.807) is 6.07 Å². The van der Waals surface area contributed by atoms with Crippen molar-refractivity contribution in [2.24, 2.45) is 10.9 Å². The summed E-state index contributed by atoms with van der Waals surface area (Å²) in [6, 6.07) is 4.00. The second kappa shape index (κ2) is 11.9. The van der Waals surface area contributed by atoms with Crippen LogP contribution in [0.4, 0.5) is 8.78 Å². The van der Waals surface area contributed by atoms with Crippen molar-refractivity contribution in [1.29, 1.82) is 0 Å². The Bertz CT molecular complexity index is 593. The largest absolute Gasteiger partial charge is 0.381 e. The van der Waals surface area contributed by atoms with Crippen LogP contribution in [-0.4, -0.2) is 52.0 Å². The number of rotatable bonds is 10. The minimum atomic E-state index is -0.827. The molecule has 0 bridgehead atoms. The van der Waals surface area contributed by atoms with E-state index in [1.807, 2.05) is 13.8 Å². The minimum Gasteiger partial charge on any atom is -0.381 e. The lowest BCUT2D eigenvalue weighted by Crippen LogP contribution is -2.38. The van der Waals surface area contributed by atoms with E-state index < -0.39 is 11.6 Å². The van der Waals surface area contributed by atoms with Crippen molar-refractivity contribution in [3.8, 4) is 0 Å². The van der Waals surface area contributed by atoms with Gasteiger partial charge in [0.25, 0.3) is 0 Å². The summed E-state index contributed by atoms with van der Waals surface area (Å²) >= 11 is 0. The SMILES string of the molecule is CCNC(=NCC(C)c1ccc(F)c(F)c1)NCCCOCC1CCOC1. The van der Waals surface area contributed by atoms with Crippen molar-refractivity contribution >= 4 is 5.96 Å². The zero-order chi connectivity index (χ0) is 19.5. The third kappa shape index (κ3) is 7.81. The molecule has 1 aliphatic heterocycles. The van der Waals surface area contributed by atoms with Crippen molar-refractivity contribution in [1.82, 2.24) is 10.6 Å². The quantitative estimate of drug-likeness (QED) is 0.370. The molecular weight excluding hydrogens is 352 g/mol. The first kappa shape index (κ1) is 21.6. The summed E-state index contributed by atoms with van der Waals surface area (Å²) in [6.07, 6.45) is 1.97. The highest BCUT2D eigenvalue weighted by Crippen LogP contribution is 2.18. The fraction of sp³-hybridized carbons (Fsp3) is 0.650. The molecule has 0 amide bonds. The van der Waals surface area contributed by atoms with Crippen LogP contribution in [-0.2, 0) is 9.47 Å². The van der Waals surface area contributed by atoms with Gasteiger partial charge in [0.1, 0.15) is 0 Å². The molecule has 0 spiro atoms. The number of nitrogens with one attached hydrogen (secondary N) is 2. The Morgan fingerprint density at radius 2 is 2.19 bits per heavy atom. The number of guanidine groups is 1. The fourth-order valence-corrected chi connectivity index (χ4v) is 2.84. The van der Waals surface area contributed by atoms with Crippen LogP contribution < -0.4 is 10.6 Å². The smallest absolute Gasteiger partial charge is 0.191 e. The summed E-state index contributed by atoms with van der Waals surface area (Å²) in [5.74, 6) is -0.400. The lowest BCUT2D eigenvalue weighted by atomic mass is 10.0. The van der Waals surface area contributed by atoms with Gasteiger partial charge in [-0.1, -0.05) is 13.0 Å². The summed E-state index contributed by atoms with van der Waals surface area (Å²) in [4.78, 5) is 4.54.